The van der Waals surface area contributed by atoms with E-state index < -0.39 is 29.5 Å². The minimum absolute atomic E-state index is 0.0181. The number of hydrogen-bond donors (Lipinski definition) is 1. The molecule has 1 N–H and O–H groups in total. The van der Waals surface area contributed by atoms with Crippen molar-refractivity contribution in [3.8, 4) is 0 Å². The Kier molecular flexibility index (Phi) is 6.26. The lowest BCUT2D eigenvalue weighted by molar-refractivity contribution is -0.140. The molecule has 0 radical (unpaired) electrons. The van der Waals surface area contributed by atoms with Crippen LogP contribution in [0, 0.1) is 0 Å². The molecule has 32 heavy (non-hydrogen) atoms. The van der Waals surface area contributed by atoms with Gasteiger partial charge < -0.3 is 15.0 Å². The maximum atomic E-state index is 14.0. The Morgan fingerprint density at radius 1 is 1.31 bits per heavy atom. The summed E-state index contributed by atoms with van der Waals surface area (Å²) in [5.41, 5.74) is -1.27. The van der Waals surface area contributed by atoms with Crippen molar-refractivity contribution in [3.05, 3.63) is 57.2 Å². The van der Waals surface area contributed by atoms with Gasteiger partial charge in [-0.05, 0) is 36.8 Å². The van der Waals surface area contributed by atoms with Crippen molar-refractivity contribution in [1.29, 1.82) is 0 Å². The average Bonchev–Trinajstić information content (AvgIpc) is 3.45. The van der Waals surface area contributed by atoms with Crippen LogP contribution < -0.4 is 5.32 Å². The molecule has 0 bridgehead atoms. The average molecular weight is 486 g/mol. The Bertz CT molecular complexity index is 1050. The summed E-state index contributed by atoms with van der Waals surface area (Å²) in [6.45, 7) is 1.40. The summed E-state index contributed by atoms with van der Waals surface area (Å²) in [6.07, 6.45) is -3.15. The molecular weight excluding hydrogens is 467 g/mol. The van der Waals surface area contributed by atoms with Crippen molar-refractivity contribution < 1.29 is 27.5 Å². The Balaban J connectivity index is 1.82. The number of aliphatic imine (C=N–C) groups is 1. The van der Waals surface area contributed by atoms with E-state index >= 15 is 0 Å². The van der Waals surface area contributed by atoms with Crippen LogP contribution in [0.1, 0.15) is 37.8 Å². The van der Waals surface area contributed by atoms with E-state index in [1.165, 1.54) is 17.9 Å². The Morgan fingerprint density at radius 2 is 2.03 bits per heavy atom. The molecule has 11 heteroatoms. The molecule has 2 heterocycles. The first-order valence-corrected chi connectivity index (χ1v) is 11.2. The smallest absolute Gasteiger partial charge is 0.434 e. The molecule has 1 unspecified atom stereocenters. The monoisotopic (exact) mass is 485 g/mol. The molecule has 6 nitrogen and oxygen atoms in total. The lowest BCUT2D eigenvalue weighted by atomic mass is 9.93. The molecule has 2 aliphatic heterocycles. The van der Waals surface area contributed by atoms with Crippen LogP contribution in [0.4, 0.5) is 13.2 Å². The molecule has 1 amide bonds. The number of esters is 1. The van der Waals surface area contributed by atoms with Gasteiger partial charge in [0.1, 0.15) is 0 Å². The third-order valence-corrected chi connectivity index (χ3v) is 6.29. The molecule has 0 saturated heterocycles. The number of halogens is 4. The molecule has 1 atom stereocenters. The van der Waals surface area contributed by atoms with Crippen molar-refractivity contribution in [2.75, 3.05) is 6.61 Å². The molecule has 0 aromatic heterocycles. The quantitative estimate of drug-likeness (QED) is 0.592. The van der Waals surface area contributed by atoms with Crippen molar-refractivity contribution in [1.82, 2.24) is 10.2 Å². The molecule has 4 rings (SSSR count). The lowest BCUT2D eigenvalue weighted by Crippen LogP contribution is -2.40. The number of nitrogens with zero attached hydrogens (tertiary/aromatic N) is 2. The van der Waals surface area contributed by atoms with Gasteiger partial charge in [0.2, 0.25) is 5.91 Å². The molecule has 1 saturated carbocycles. The number of fused-ring (bicyclic) bond motifs is 1. The van der Waals surface area contributed by atoms with Crippen LogP contribution in [-0.2, 0) is 14.3 Å². The molecule has 1 aromatic rings. The van der Waals surface area contributed by atoms with Crippen LogP contribution >= 0.6 is 23.4 Å². The molecule has 0 spiro atoms. The SMILES string of the molecule is CCOC(=O)C1=C(C(F)(F)F)N=C2SC=C(CC(=O)NC3CC3)N2C1c1ccccc1Cl. The van der Waals surface area contributed by atoms with E-state index in [1.807, 2.05) is 0 Å². The second-order valence-corrected chi connectivity index (χ2v) is 8.66. The number of hydrogen-bond acceptors (Lipinski definition) is 6. The summed E-state index contributed by atoms with van der Waals surface area (Å²) >= 11 is 7.33. The zero-order chi connectivity index (χ0) is 23.0. The van der Waals surface area contributed by atoms with Crippen LogP contribution in [0.5, 0.6) is 0 Å². The van der Waals surface area contributed by atoms with Crippen LogP contribution in [0.25, 0.3) is 0 Å². The summed E-state index contributed by atoms with van der Waals surface area (Å²) < 4.78 is 46.9. The van der Waals surface area contributed by atoms with E-state index in [1.54, 1.807) is 23.6 Å². The summed E-state index contributed by atoms with van der Waals surface area (Å²) in [5, 5.41) is 4.64. The van der Waals surface area contributed by atoms with Gasteiger partial charge in [0.25, 0.3) is 0 Å². The number of carbonyl (C=O) groups is 2. The fraction of sp³-hybridized carbons (Fsp3) is 0.381. The number of ether oxygens (including phenoxy) is 1. The zero-order valence-electron chi connectivity index (χ0n) is 16.9. The van der Waals surface area contributed by atoms with Gasteiger partial charge in [-0.1, -0.05) is 41.6 Å². The lowest BCUT2D eigenvalue weighted by Gasteiger charge is -2.37. The minimum atomic E-state index is -4.90. The Labute approximate surface area is 191 Å². The summed E-state index contributed by atoms with van der Waals surface area (Å²) in [4.78, 5) is 30.5. The third-order valence-electron chi connectivity index (χ3n) is 5.06. The highest BCUT2D eigenvalue weighted by atomic mass is 35.5. The van der Waals surface area contributed by atoms with E-state index in [4.69, 9.17) is 16.3 Å². The summed E-state index contributed by atoms with van der Waals surface area (Å²) in [7, 11) is 0. The normalized spacial score (nSPS) is 20.5. The van der Waals surface area contributed by atoms with Crippen LogP contribution in [0.3, 0.4) is 0 Å². The highest BCUT2D eigenvalue weighted by Gasteiger charge is 2.49. The Morgan fingerprint density at radius 3 is 2.66 bits per heavy atom. The third kappa shape index (κ3) is 4.52. The van der Waals surface area contributed by atoms with Gasteiger partial charge in [-0.25, -0.2) is 9.79 Å². The molecule has 3 aliphatic rings. The second-order valence-electron chi connectivity index (χ2n) is 7.41. The number of amides is 1. The molecular formula is C21H19ClF3N3O3S. The number of allylic oxidation sites excluding steroid dienone is 1. The van der Waals surface area contributed by atoms with Crippen molar-refractivity contribution in [3.63, 3.8) is 0 Å². The van der Waals surface area contributed by atoms with E-state index in [-0.39, 0.29) is 40.7 Å². The molecule has 170 valence electrons. The van der Waals surface area contributed by atoms with Gasteiger partial charge in [0, 0.05) is 16.8 Å². The van der Waals surface area contributed by atoms with Gasteiger partial charge in [0.15, 0.2) is 10.9 Å². The number of thioether (sulfide) groups is 1. The minimum Gasteiger partial charge on any atom is -0.463 e. The first kappa shape index (κ1) is 22.7. The van der Waals surface area contributed by atoms with Gasteiger partial charge in [0.05, 0.1) is 24.6 Å². The van der Waals surface area contributed by atoms with E-state index in [2.05, 4.69) is 10.3 Å². The first-order valence-electron chi connectivity index (χ1n) is 9.96. The largest absolute Gasteiger partial charge is 0.463 e. The molecule has 1 fully saturated rings. The van der Waals surface area contributed by atoms with E-state index in [0.717, 1.165) is 24.6 Å². The second kappa shape index (κ2) is 8.82. The number of carbonyl (C=O) groups excluding carboxylic acids is 2. The maximum absolute atomic E-state index is 14.0. The first-order chi connectivity index (χ1) is 15.2. The fourth-order valence-corrected chi connectivity index (χ4v) is 4.71. The van der Waals surface area contributed by atoms with Gasteiger partial charge in [-0.2, -0.15) is 13.2 Å². The van der Waals surface area contributed by atoms with Crippen molar-refractivity contribution in [2.24, 2.45) is 4.99 Å². The summed E-state index contributed by atoms with van der Waals surface area (Å²) in [5.74, 6) is -1.38. The van der Waals surface area contributed by atoms with Crippen LogP contribution in [-0.4, -0.2) is 40.8 Å². The number of alkyl halides is 3. The molecule has 1 aliphatic carbocycles. The van der Waals surface area contributed by atoms with Crippen molar-refractivity contribution in [2.45, 2.75) is 44.4 Å². The van der Waals surface area contributed by atoms with Crippen molar-refractivity contribution >= 4 is 40.4 Å². The maximum Gasteiger partial charge on any atom is 0.434 e. The topological polar surface area (TPSA) is 71.0 Å². The highest BCUT2D eigenvalue weighted by Crippen LogP contribution is 2.49. The van der Waals surface area contributed by atoms with E-state index in [9.17, 15) is 22.8 Å². The van der Waals surface area contributed by atoms with Crippen LogP contribution in [0.2, 0.25) is 5.02 Å². The number of benzene rings is 1. The van der Waals surface area contributed by atoms with E-state index in [0.29, 0.717) is 5.70 Å². The number of rotatable bonds is 6. The van der Waals surface area contributed by atoms with Gasteiger partial charge >= 0.3 is 12.1 Å². The predicted molar refractivity (Wildman–Crippen MR) is 115 cm³/mol. The predicted octanol–water partition coefficient (Wildman–Crippen LogP) is 4.69. The Hall–Kier alpha value is -2.46. The fourth-order valence-electron chi connectivity index (χ4n) is 3.55. The standard InChI is InChI=1S/C21H19ClF3N3O3S/c1-2-31-19(30)16-17(13-5-3-4-6-14(13)22)28-12(9-15(29)26-11-7-8-11)10-32-20(28)27-18(16)21(23,24)25/h3-6,10-11,17H,2,7-9H2,1H3,(H,26,29). The highest BCUT2D eigenvalue weighted by molar-refractivity contribution is 8.16. The van der Waals surface area contributed by atoms with Gasteiger partial charge in [-0.3, -0.25) is 4.79 Å². The molecule has 1 aromatic carbocycles. The number of nitrogens with one attached hydrogen (secondary N) is 1. The number of amidine groups is 1. The van der Waals surface area contributed by atoms with Crippen LogP contribution in [0.15, 0.2) is 51.6 Å². The zero-order valence-corrected chi connectivity index (χ0v) is 18.5. The van der Waals surface area contributed by atoms with Gasteiger partial charge in [-0.15, -0.1) is 0 Å². The summed E-state index contributed by atoms with van der Waals surface area (Å²) in [6, 6.07) is 5.23.